The van der Waals surface area contributed by atoms with Crippen molar-refractivity contribution < 1.29 is 14.3 Å². The third kappa shape index (κ3) is 7.08. The highest BCUT2D eigenvalue weighted by Gasteiger charge is 2.16. The summed E-state index contributed by atoms with van der Waals surface area (Å²) < 4.78 is 11.2. The first-order valence-corrected chi connectivity index (χ1v) is 14.6. The molecule has 5 nitrogen and oxygen atoms in total. The lowest BCUT2D eigenvalue weighted by Crippen LogP contribution is -2.17. The average molecular weight is 577 g/mol. The van der Waals surface area contributed by atoms with E-state index in [1.165, 1.54) is 22.3 Å². The smallest absolute Gasteiger partial charge is 0.375 e. The second kappa shape index (κ2) is 13.2. The number of benzene rings is 4. The fraction of sp³-hybridized carbons (Fsp3) is 0.103. The van der Waals surface area contributed by atoms with Crippen molar-refractivity contribution in [3.05, 3.63) is 167 Å². The Bertz CT molecular complexity index is 1760. The van der Waals surface area contributed by atoms with Gasteiger partial charge in [0.15, 0.2) is 0 Å². The summed E-state index contributed by atoms with van der Waals surface area (Å²) >= 11 is 0. The number of rotatable bonds is 8. The number of pyridine rings is 2. The number of aryl methyl sites for hydroxylation is 2. The van der Waals surface area contributed by atoms with E-state index in [0.29, 0.717) is 12.8 Å². The van der Waals surface area contributed by atoms with Crippen LogP contribution in [-0.4, -0.2) is 16.1 Å². The molecule has 0 atom stereocenters. The zero-order valence-corrected chi connectivity index (χ0v) is 24.7. The lowest BCUT2D eigenvalue weighted by Gasteiger charge is -2.11. The number of aromatic nitrogens is 2. The first kappa shape index (κ1) is 28.6. The normalized spacial score (nSPS) is 10.8. The summed E-state index contributed by atoms with van der Waals surface area (Å²) in [5.41, 5.74) is 10.8. The molecule has 0 aliphatic rings. The Morgan fingerprint density at radius 3 is 1.36 bits per heavy atom. The van der Waals surface area contributed by atoms with E-state index in [-0.39, 0.29) is 11.8 Å². The molecule has 5 heteroatoms. The van der Waals surface area contributed by atoms with E-state index in [1.807, 2.05) is 24.3 Å². The summed E-state index contributed by atoms with van der Waals surface area (Å²) in [7, 11) is 0. The number of hydrogen-bond acceptors (Lipinski definition) is 5. The van der Waals surface area contributed by atoms with Crippen LogP contribution in [0.5, 0.6) is 11.8 Å². The number of carbonyl (C=O) groups excluding carboxylic acids is 1. The van der Waals surface area contributed by atoms with E-state index < -0.39 is 6.16 Å². The van der Waals surface area contributed by atoms with Crippen LogP contribution in [0.2, 0.25) is 0 Å². The molecular weight excluding hydrogens is 544 g/mol. The van der Waals surface area contributed by atoms with Crippen molar-refractivity contribution in [1.82, 2.24) is 9.97 Å². The molecule has 216 valence electrons. The minimum absolute atomic E-state index is 0.212. The van der Waals surface area contributed by atoms with Crippen LogP contribution in [0.15, 0.2) is 134 Å². The summed E-state index contributed by atoms with van der Waals surface area (Å²) in [5, 5.41) is 0. The van der Waals surface area contributed by atoms with Crippen molar-refractivity contribution in [1.29, 1.82) is 0 Å². The van der Waals surface area contributed by atoms with Crippen LogP contribution in [-0.2, 0) is 12.8 Å². The van der Waals surface area contributed by atoms with E-state index in [4.69, 9.17) is 9.47 Å². The minimum Gasteiger partial charge on any atom is -0.375 e. The van der Waals surface area contributed by atoms with Gasteiger partial charge in [-0.25, -0.2) is 14.8 Å². The lowest BCUT2D eigenvalue weighted by atomic mass is 10.00. The first-order chi connectivity index (χ1) is 21.5. The van der Waals surface area contributed by atoms with Crippen molar-refractivity contribution in [3.63, 3.8) is 0 Å². The third-order valence-corrected chi connectivity index (χ3v) is 7.46. The summed E-state index contributed by atoms with van der Waals surface area (Å²) in [6, 6.07) is 41.1. The van der Waals surface area contributed by atoms with Gasteiger partial charge >= 0.3 is 6.16 Å². The second-order valence-electron chi connectivity index (χ2n) is 10.9. The predicted molar refractivity (Wildman–Crippen MR) is 174 cm³/mol. The predicted octanol–water partition coefficient (Wildman–Crippen LogP) is 9.19. The van der Waals surface area contributed by atoms with Crippen LogP contribution in [0.3, 0.4) is 0 Å². The van der Waals surface area contributed by atoms with E-state index in [9.17, 15) is 4.79 Å². The van der Waals surface area contributed by atoms with Crippen LogP contribution >= 0.6 is 0 Å². The van der Waals surface area contributed by atoms with Gasteiger partial charge in [0.1, 0.15) is 0 Å². The maximum atomic E-state index is 12.9. The molecule has 0 saturated carbocycles. The summed E-state index contributed by atoms with van der Waals surface area (Å²) in [6.45, 7) is 4.18. The summed E-state index contributed by atoms with van der Waals surface area (Å²) in [5.74, 6) is 0.425. The lowest BCUT2D eigenvalue weighted by molar-refractivity contribution is 0.147. The Morgan fingerprint density at radius 1 is 0.523 bits per heavy atom. The zero-order valence-electron chi connectivity index (χ0n) is 24.7. The Kier molecular flexibility index (Phi) is 8.55. The monoisotopic (exact) mass is 576 g/mol. The fourth-order valence-corrected chi connectivity index (χ4v) is 5.20. The first-order valence-electron chi connectivity index (χ1n) is 14.6. The number of hydrogen-bond donors (Lipinski definition) is 0. The maximum absolute atomic E-state index is 12.9. The molecule has 0 amide bonds. The molecule has 4 aromatic carbocycles. The van der Waals surface area contributed by atoms with Crippen molar-refractivity contribution in [3.8, 4) is 34.0 Å². The van der Waals surface area contributed by atoms with Gasteiger partial charge in [-0.2, -0.15) is 0 Å². The van der Waals surface area contributed by atoms with E-state index >= 15 is 0 Å². The highest BCUT2D eigenvalue weighted by molar-refractivity contribution is 5.68. The molecule has 0 aliphatic carbocycles. The number of nitrogens with zero attached hydrogens (tertiary/aromatic N) is 2. The molecule has 0 fully saturated rings. The molecule has 2 aromatic heterocycles. The van der Waals surface area contributed by atoms with Gasteiger partial charge in [0.05, 0.1) is 0 Å². The van der Waals surface area contributed by atoms with Crippen molar-refractivity contribution in [2.75, 3.05) is 0 Å². The van der Waals surface area contributed by atoms with Crippen LogP contribution in [0, 0.1) is 13.8 Å². The van der Waals surface area contributed by atoms with E-state index in [1.54, 1.807) is 12.4 Å². The molecule has 44 heavy (non-hydrogen) atoms. The van der Waals surface area contributed by atoms with Crippen molar-refractivity contribution in [2.24, 2.45) is 0 Å². The average Bonchev–Trinajstić information content (AvgIpc) is 3.04. The van der Waals surface area contributed by atoms with Gasteiger partial charge in [0, 0.05) is 36.4 Å². The molecule has 0 bridgehead atoms. The molecule has 6 aromatic rings. The Labute approximate surface area is 257 Å². The Hall–Kier alpha value is -5.55. The number of ether oxygens (including phenoxy) is 2. The van der Waals surface area contributed by atoms with E-state index in [2.05, 4.69) is 121 Å². The molecule has 0 radical (unpaired) electrons. The molecule has 0 saturated heterocycles. The van der Waals surface area contributed by atoms with Gasteiger partial charge in [-0.1, -0.05) is 120 Å². The van der Waals surface area contributed by atoms with E-state index in [0.717, 1.165) is 33.4 Å². The Balaban J connectivity index is 1.12. The van der Waals surface area contributed by atoms with Gasteiger partial charge in [-0.15, -0.1) is 0 Å². The van der Waals surface area contributed by atoms with Crippen molar-refractivity contribution >= 4 is 6.16 Å². The molecule has 0 spiro atoms. The largest absolute Gasteiger partial charge is 0.522 e. The second-order valence-corrected chi connectivity index (χ2v) is 10.9. The van der Waals surface area contributed by atoms with Crippen LogP contribution in [0.4, 0.5) is 4.79 Å². The topological polar surface area (TPSA) is 61.3 Å². The molecule has 0 N–H and O–H groups in total. The van der Waals surface area contributed by atoms with Crippen LogP contribution in [0.1, 0.15) is 33.4 Å². The Morgan fingerprint density at radius 2 is 0.955 bits per heavy atom. The highest BCUT2D eigenvalue weighted by atomic mass is 16.7. The standard InChI is InChI=1S/C39H32N2O3/c1-27-7-3-9-33(23-27)31-17-13-29(14-18-31)25-35-11-5-21-40-37(35)43-39(42)44-38-36(12-6-22-41-38)26-30-15-19-32(20-16-30)34-10-4-8-28(2)24-34/h3-24H,25-26H2,1-2H3. The highest BCUT2D eigenvalue weighted by Crippen LogP contribution is 2.26. The molecule has 6 rings (SSSR count). The summed E-state index contributed by atoms with van der Waals surface area (Å²) in [6.07, 6.45) is 3.42. The quantitative estimate of drug-likeness (QED) is 0.169. The SMILES string of the molecule is Cc1cccc(-c2ccc(Cc3cccnc3OC(=O)Oc3ncccc3Cc3ccc(-c4cccc(C)c4)cc3)cc2)c1. The third-order valence-electron chi connectivity index (χ3n) is 7.46. The van der Waals surface area contributed by atoms with Gasteiger partial charge < -0.3 is 9.47 Å². The number of carbonyl (C=O) groups is 1. The van der Waals surface area contributed by atoms with Crippen LogP contribution < -0.4 is 9.47 Å². The van der Waals surface area contributed by atoms with Gasteiger partial charge in [0.25, 0.3) is 0 Å². The van der Waals surface area contributed by atoms with Crippen LogP contribution in [0.25, 0.3) is 22.3 Å². The fourth-order valence-electron chi connectivity index (χ4n) is 5.20. The van der Waals surface area contributed by atoms with Crippen molar-refractivity contribution in [2.45, 2.75) is 26.7 Å². The van der Waals surface area contributed by atoms with Gasteiger partial charge in [-0.3, -0.25) is 0 Å². The molecular formula is C39H32N2O3. The molecule has 0 aliphatic heterocycles. The summed E-state index contributed by atoms with van der Waals surface area (Å²) in [4.78, 5) is 21.6. The molecule has 2 heterocycles. The zero-order chi connectivity index (χ0) is 30.3. The van der Waals surface area contributed by atoms with Gasteiger partial charge in [-0.05, 0) is 59.4 Å². The maximum Gasteiger partial charge on any atom is 0.522 e. The molecule has 0 unspecified atom stereocenters. The van der Waals surface area contributed by atoms with Gasteiger partial charge in [0.2, 0.25) is 11.8 Å². The minimum atomic E-state index is -0.880.